The lowest BCUT2D eigenvalue weighted by atomic mass is 10.1. The zero-order valence-electron chi connectivity index (χ0n) is 8.23. The van der Waals surface area contributed by atoms with E-state index >= 15 is 0 Å². The molecule has 1 aromatic rings. The second-order valence-electron chi connectivity index (χ2n) is 3.34. The van der Waals surface area contributed by atoms with Crippen molar-refractivity contribution in [2.75, 3.05) is 12.4 Å². The largest absolute Gasteiger partial charge is 0.611 e. The van der Waals surface area contributed by atoms with E-state index < -0.39 is 23.0 Å². The van der Waals surface area contributed by atoms with Crippen molar-refractivity contribution in [2.45, 2.75) is 11.5 Å². The van der Waals surface area contributed by atoms with Crippen molar-refractivity contribution >= 4 is 17.1 Å². The molecule has 1 heterocycles. The van der Waals surface area contributed by atoms with Crippen LogP contribution in [0.4, 0.5) is 4.39 Å². The van der Waals surface area contributed by atoms with Gasteiger partial charge in [-0.15, -0.1) is 0 Å². The molecule has 1 aliphatic rings. The summed E-state index contributed by atoms with van der Waals surface area (Å²) in [5.41, 5.74) is 0.00679. The van der Waals surface area contributed by atoms with Gasteiger partial charge in [-0.25, -0.2) is 9.18 Å². The zero-order chi connectivity index (χ0) is 11.7. The summed E-state index contributed by atoms with van der Waals surface area (Å²) in [6.45, 7) is 0.315. The second-order valence-corrected chi connectivity index (χ2v) is 4.88. The Labute approximate surface area is 94.2 Å². The molecule has 0 spiro atoms. The van der Waals surface area contributed by atoms with Gasteiger partial charge >= 0.3 is 5.97 Å². The van der Waals surface area contributed by atoms with Crippen LogP contribution < -0.4 is 0 Å². The maximum absolute atomic E-state index is 13.6. The fraction of sp³-hybridized carbons (Fsp3) is 0.300. The third-order valence-corrected chi connectivity index (χ3v) is 3.70. The predicted molar refractivity (Wildman–Crippen MR) is 54.3 cm³/mol. The number of benzene rings is 1. The number of fused-ring (bicyclic) bond motifs is 1. The van der Waals surface area contributed by atoms with Gasteiger partial charge < -0.3 is 14.4 Å². The third kappa shape index (κ3) is 2.04. The quantitative estimate of drug-likeness (QED) is 0.753. The van der Waals surface area contributed by atoms with Crippen LogP contribution in [0.2, 0.25) is 0 Å². The van der Waals surface area contributed by atoms with Gasteiger partial charge in [0, 0.05) is 6.07 Å². The Morgan fingerprint density at radius 1 is 1.56 bits per heavy atom. The lowest BCUT2D eigenvalue weighted by Gasteiger charge is -2.10. The van der Waals surface area contributed by atoms with Gasteiger partial charge in [0.25, 0.3) is 0 Å². The monoisotopic (exact) mass is 244 g/mol. The summed E-state index contributed by atoms with van der Waals surface area (Å²) in [5.74, 6) is -1.65. The summed E-state index contributed by atoms with van der Waals surface area (Å²) >= 11 is -1.40. The summed E-state index contributed by atoms with van der Waals surface area (Å²) < 4.78 is 30.4. The molecule has 0 saturated carbocycles. The summed E-state index contributed by atoms with van der Waals surface area (Å²) in [5, 5.41) is 8.77. The van der Waals surface area contributed by atoms with Crippen LogP contribution in [-0.2, 0) is 22.5 Å². The Morgan fingerprint density at radius 2 is 2.31 bits per heavy atom. The van der Waals surface area contributed by atoms with Gasteiger partial charge in [-0.1, -0.05) is 0 Å². The number of carbonyl (C=O) groups is 1. The van der Waals surface area contributed by atoms with Gasteiger partial charge in [-0.2, -0.15) is 0 Å². The molecule has 86 valence electrons. The highest BCUT2D eigenvalue weighted by Crippen LogP contribution is 2.25. The van der Waals surface area contributed by atoms with Gasteiger partial charge in [-0.3, -0.25) is 0 Å². The minimum Gasteiger partial charge on any atom is -0.611 e. The van der Waals surface area contributed by atoms with E-state index in [-0.39, 0.29) is 35.0 Å². The Kier molecular flexibility index (Phi) is 3.13. The fourth-order valence-corrected chi connectivity index (χ4v) is 2.68. The van der Waals surface area contributed by atoms with Crippen molar-refractivity contribution in [3.8, 4) is 0 Å². The first kappa shape index (κ1) is 11.4. The van der Waals surface area contributed by atoms with E-state index in [4.69, 9.17) is 9.84 Å². The molecular formula is C10H9FO4S. The Hall–Kier alpha value is -1.11. The van der Waals surface area contributed by atoms with Gasteiger partial charge in [0.15, 0.2) is 4.90 Å². The minimum atomic E-state index is -1.40. The Morgan fingerprint density at radius 3 is 3.00 bits per heavy atom. The number of rotatable bonds is 1. The summed E-state index contributed by atoms with van der Waals surface area (Å²) in [6, 6.07) is 2.18. The number of hydrogen-bond acceptors (Lipinski definition) is 3. The molecule has 0 fully saturated rings. The molecule has 0 radical (unpaired) electrons. The van der Waals surface area contributed by atoms with E-state index in [2.05, 4.69) is 0 Å². The molecule has 16 heavy (non-hydrogen) atoms. The molecule has 4 nitrogen and oxygen atoms in total. The van der Waals surface area contributed by atoms with Crippen molar-refractivity contribution in [2.24, 2.45) is 0 Å². The van der Waals surface area contributed by atoms with Gasteiger partial charge in [0.1, 0.15) is 11.6 Å². The highest BCUT2D eigenvalue weighted by molar-refractivity contribution is 7.91. The van der Waals surface area contributed by atoms with E-state index in [1.54, 1.807) is 0 Å². The van der Waals surface area contributed by atoms with Crippen LogP contribution in [0.3, 0.4) is 0 Å². The molecular weight excluding hydrogens is 235 g/mol. The molecule has 1 unspecified atom stereocenters. The number of carboxylic acids is 1. The molecule has 0 bridgehead atoms. The van der Waals surface area contributed by atoms with Crippen molar-refractivity contribution in [3.63, 3.8) is 0 Å². The molecule has 0 amide bonds. The molecule has 0 saturated heterocycles. The molecule has 1 atom stereocenters. The summed E-state index contributed by atoms with van der Waals surface area (Å²) in [6.07, 6.45) is 0. The van der Waals surface area contributed by atoms with E-state index in [0.717, 1.165) is 6.07 Å². The summed E-state index contributed by atoms with van der Waals surface area (Å²) in [7, 11) is 0. The van der Waals surface area contributed by atoms with Gasteiger partial charge in [0.05, 0.1) is 24.3 Å². The molecule has 6 heteroatoms. The maximum Gasteiger partial charge on any atom is 0.335 e. The lowest BCUT2D eigenvalue weighted by Crippen LogP contribution is -2.11. The molecule has 0 aromatic heterocycles. The lowest BCUT2D eigenvalue weighted by molar-refractivity contribution is 0.0695. The third-order valence-electron chi connectivity index (χ3n) is 2.31. The van der Waals surface area contributed by atoms with Crippen LogP contribution in [0.15, 0.2) is 17.0 Å². The topological polar surface area (TPSA) is 69.6 Å². The smallest absolute Gasteiger partial charge is 0.335 e. The van der Waals surface area contributed by atoms with Crippen LogP contribution in [0, 0.1) is 5.82 Å². The highest BCUT2D eigenvalue weighted by atomic mass is 32.2. The number of hydrogen-bond donors (Lipinski definition) is 1. The minimum absolute atomic E-state index is 0.0345. The maximum atomic E-state index is 13.6. The first-order valence-electron chi connectivity index (χ1n) is 4.61. The number of aromatic carboxylic acids is 1. The van der Waals surface area contributed by atoms with Crippen molar-refractivity contribution < 1.29 is 23.6 Å². The first-order chi connectivity index (χ1) is 7.59. The van der Waals surface area contributed by atoms with E-state index in [1.165, 1.54) is 6.07 Å². The van der Waals surface area contributed by atoms with E-state index in [9.17, 15) is 13.7 Å². The molecule has 0 aliphatic carbocycles. The molecule has 1 N–H and O–H groups in total. The molecule has 2 rings (SSSR count). The van der Waals surface area contributed by atoms with E-state index in [1.807, 2.05) is 0 Å². The van der Waals surface area contributed by atoms with Crippen molar-refractivity contribution in [1.29, 1.82) is 0 Å². The highest BCUT2D eigenvalue weighted by Gasteiger charge is 2.25. The van der Waals surface area contributed by atoms with Crippen LogP contribution in [0.1, 0.15) is 15.9 Å². The van der Waals surface area contributed by atoms with Crippen molar-refractivity contribution in [3.05, 3.63) is 29.1 Å². The van der Waals surface area contributed by atoms with Crippen molar-refractivity contribution in [1.82, 2.24) is 0 Å². The van der Waals surface area contributed by atoms with Crippen LogP contribution in [0.5, 0.6) is 0 Å². The Balaban J connectivity index is 2.55. The normalized spacial score (nSPS) is 20.0. The summed E-state index contributed by atoms with van der Waals surface area (Å²) in [4.78, 5) is 11.0. The number of ether oxygens (including phenoxy) is 1. The fourth-order valence-electron chi connectivity index (χ4n) is 1.50. The molecule has 1 aromatic carbocycles. The van der Waals surface area contributed by atoms with Gasteiger partial charge in [0.2, 0.25) is 0 Å². The van der Waals surface area contributed by atoms with Crippen LogP contribution >= 0.6 is 0 Å². The number of halogens is 1. The average molecular weight is 244 g/mol. The number of carboxylic acid groups (broad SMARTS) is 1. The standard InChI is InChI=1S/C10H9FO4S/c11-8-3-6(10(12)13)4-9-7(8)5-15-1-2-16(9)14/h3-4H,1-2,5H2,(H,12,13). The van der Waals surface area contributed by atoms with Crippen LogP contribution in [0.25, 0.3) is 0 Å². The zero-order valence-corrected chi connectivity index (χ0v) is 9.05. The van der Waals surface area contributed by atoms with Crippen LogP contribution in [-0.4, -0.2) is 28.0 Å². The second kappa shape index (κ2) is 4.40. The first-order valence-corrected chi connectivity index (χ1v) is 5.93. The average Bonchev–Trinajstić information content (AvgIpc) is 2.41. The Bertz CT molecular complexity index is 435. The predicted octanol–water partition coefficient (Wildman–Crippen LogP) is 1.16. The SMILES string of the molecule is O=C(O)c1cc(F)c2c(c1)[S+]([O-])CCOC2. The van der Waals surface area contributed by atoms with E-state index in [0.29, 0.717) is 0 Å². The molecule has 1 aliphatic heterocycles. The van der Waals surface area contributed by atoms with Gasteiger partial charge in [-0.05, 0) is 17.2 Å².